The number of unbranched alkanes of at least 4 members (excludes halogenated alkanes) is 3. The summed E-state index contributed by atoms with van der Waals surface area (Å²) in [6, 6.07) is 7.20. The van der Waals surface area contributed by atoms with Crippen molar-refractivity contribution in [1.29, 1.82) is 0 Å². The summed E-state index contributed by atoms with van der Waals surface area (Å²) in [6.45, 7) is 4.86. The van der Waals surface area contributed by atoms with Gasteiger partial charge in [0.25, 0.3) is 11.8 Å². The van der Waals surface area contributed by atoms with E-state index >= 15 is 0 Å². The lowest BCUT2D eigenvalue weighted by Crippen LogP contribution is -2.32. The van der Waals surface area contributed by atoms with E-state index in [0.29, 0.717) is 17.9 Å². The van der Waals surface area contributed by atoms with Crippen molar-refractivity contribution in [3.63, 3.8) is 0 Å². The Morgan fingerprint density at radius 2 is 2.12 bits per heavy atom. The van der Waals surface area contributed by atoms with Crippen LogP contribution in [0.4, 0.5) is 5.69 Å². The summed E-state index contributed by atoms with van der Waals surface area (Å²) in [5.74, 6) is -0.240. The first kappa shape index (κ1) is 19.4. The van der Waals surface area contributed by atoms with Crippen molar-refractivity contribution in [2.45, 2.75) is 70.9 Å². The first-order valence-electron chi connectivity index (χ1n) is 9.43. The number of anilines is 1. The molecule has 2 N–H and O–H groups in total. The molecular weight excluding hydrogens is 316 g/mol. The normalized spacial score (nSPS) is 17.9. The van der Waals surface area contributed by atoms with Gasteiger partial charge in [0, 0.05) is 23.9 Å². The van der Waals surface area contributed by atoms with Gasteiger partial charge in [-0.05, 0) is 44.4 Å². The van der Waals surface area contributed by atoms with Gasteiger partial charge < -0.3 is 15.4 Å². The molecule has 0 aromatic heterocycles. The Labute approximate surface area is 150 Å². The molecular formula is C20H30N2O3. The number of nitrogens with one attached hydrogen (secondary N) is 2. The van der Waals surface area contributed by atoms with Crippen LogP contribution < -0.4 is 10.6 Å². The Balaban J connectivity index is 1.84. The molecule has 1 aromatic rings. The van der Waals surface area contributed by atoms with Crippen LogP contribution in [0.2, 0.25) is 0 Å². The van der Waals surface area contributed by atoms with Crippen LogP contribution in [-0.2, 0) is 9.53 Å². The summed E-state index contributed by atoms with van der Waals surface area (Å²) in [7, 11) is 0. The first-order valence-corrected chi connectivity index (χ1v) is 9.43. The lowest BCUT2D eigenvalue weighted by Gasteiger charge is -2.15. The van der Waals surface area contributed by atoms with Gasteiger partial charge in [-0.2, -0.15) is 0 Å². The Kier molecular flexibility index (Phi) is 7.92. The molecule has 0 aliphatic carbocycles. The zero-order valence-corrected chi connectivity index (χ0v) is 15.3. The highest BCUT2D eigenvalue weighted by Gasteiger charge is 2.23. The fourth-order valence-electron chi connectivity index (χ4n) is 3.00. The van der Waals surface area contributed by atoms with Gasteiger partial charge in [-0.15, -0.1) is 0 Å². The minimum absolute atomic E-state index is 0.101. The minimum Gasteiger partial charge on any atom is -0.368 e. The second-order valence-electron chi connectivity index (χ2n) is 6.80. The summed E-state index contributed by atoms with van der Waals surface area (Å²) < 4.78 is 5.38. The third-order valence-electron chi connectivity index (χ3n) is 4.48. The van der Waals surface area contributed by atoms with Crippen LogP contribution >= 0.6 is 0 Å². The van der Waals surface area contributed by atoms with E-state index in [1.165, 1.54) is 19.3 Å². The molecule has 5 heteroatoms. The Hall–Kier alpha value is -1.88. The van der Waals surface area contributed by atoms with E-state index in [-0.39, 0.29) is 24.0 Å². The molecule has 2 unspecified atom stereocenters. The first-order chi connectivity index (χ1) is 12.1. The van der Waals surface area contributed by atoms with Gasteiger partial charge in [0.1, 0.15) is 6.10 Å². The summed E-state index contributed by atoms with van der Waals surface area (Å²) in [6.07, 6.45) is 7.08. The predicted molar refractivity (Wildman–Crippen MR) is 99.7 cm³/mol. The number of benzene rings is 1. The molecule has 1 saturated heterocycles. The molecule has 5 nitrogen and oxygen atoms in total. The fraction of sp³-hybridized carbons (Fsp3) is 0.600. The number of hydrogen-bond donors (Lipinski definition) is 2. The molecule has 138 valence electrons. The maximum atomic E-state index is 12.4. The van der Waals surface area contributed by atoms with Crippen molar-refractivity contribution in [3.8, 4) is 0 Å². The van der Waals surface area contributed by atoms with Gasteiger partial charge >= 0.3 is 0 Å². The molecule has 0 spiro atoms. The zero-order chi connectivity index (χ0) is 18.1. The number of amides is 2. The molecule has 0 saturated carbocycles. The van der Waals surface area contributed by atoms with Gasteiger partial charge in [0.05, 0.1) is 0 Å². The quantitative estimate of drug-likeness (QED) is 0.667. The van der Waals surface area contributed by atoms with Crippen molar-refractivity contribution < 1.29 is 14.3 Å². The van der Waals surface area contributed by atoms with E-state index in [2.05, 4.69) is 17.6 Å². The van der Waals surface area contributed by atoms with Crippen molar-refractivity contribution >= 4 is 17.5 Å². The molecule has 0 radical (unpaired) electrons. The molecule has 1 aromatic carbocycles. The largest absolute Gasteiger partial charge is 0.368 e. The van der Waals surface area contributed by atoms with Crippen LogP contribution in [-0.4, -0.2) is 30.6 Å². The van der Waals surface area contributed by atoms with Crippen molar-refractivity contribution in [2.24, 2.45) is 0 Å². The van der Waals surface area contributed by atoms with Crippen molar-refractivity contribution in [1.82, 2.24) is 5.32 Å². The number of rotatable bonds is 9. The van der Waals surface area contributed by atoms with Crippen LogP contribution in [0, 0.1) is 0 Å². The summed E-state index contributed by atoms with van der Waals surface area (Å²) in [5.41, 5.74) is 1.19. The molecule has 1 fully saturated rings. The Bertz CT molecular complexity index is 568. The summed E-state index contributed by atoms with van der Waals surface area (Å²) in [5, 5.41) is 5.87. The van der Waals surface area contributed by atoms with Crippen LogP contribution in [0.3, 0.4) is 0 Å². The number of ether oxygens (including phenoxy) is 1. The monoisotopic (exact) mass is 346 g/mol. The minimum atomic E-state index is -0.374. The van der Waals surface area contributed by atoms with E-state index in [4.69, 9.17) is 4.74 Å². The highest BCUT2D eigenvalue weighted by molar-refractivity contribution is 5.98. The van der Waals surface area contributed by atoms with Gasteiger partial charge in [0.2, 0.25) is 0 Å². The Morgan fingerprint density at radius 1 is 1.28 bits per heavy atom. The average molecular weight is 346 g/mol. The van der Waals surface area contributed by atoms with Gasteiger partial charge in [0.15, 0.2) is 0 Å². The van der Waals surface area contributed by atoms with E-state index < -0.39 is 0 Å². The predicted octanol–water partition coefficient (Wildman–Crippen LogP) is 3.89. The summed E-state index contributed by atoms with van der Waals surface area (Å²) in [4.78, 5) is 24.5. The number of carbonyl (C=O) groups excluding carboxylic acids is 2. The van der Waals surface area contributed by atoms with Gasteiger partial charge in [-0.3, -0.25) is 9.59 Å². The fourth-order valence-corrected chi connectivity index (χ4v) is 3.00. The molecule has 2 rings (SSSR count). The second-order valence-corrected chi connectivity index (χ2v) is 6.80. The highest BCUT2D eigenvalue weighted by Crippen LogP contribution is 2.16. The summed E-state index contributed by atoms with van der Waals surface area (Å²) >= 11 is 0. The second kappa shape index (κ2) is 10.2. The molecule has 25 heavy (non-hydrogen) atoms. The Morgan fingerprint density at radius 3 is 2.84 bits per heavy atom. The topological polar surface area (TPSA) is 67.4 Å². The number of carbonyl (C=O) groups is 2. The van der Waals surface area contributed by atoms with Crippen molar-refractivity contribution in [2.75, 3.05) is 11.9 Å². The van der Waals surface area contributed by atoms with E-state index in [9.17, 15) is 9.59 Å². The molecule has 1 aliphatic heterocycles. The zero-order valence-electron chi connectivity index (χ0n) is 15.3. The number of hydrogen-bond acceptors (Lipinski definition) is 3. The van der Waals surface area contributed by atoms with Crippen LogP contribution in [0.1, 0.15) is 69.2 Å². The third-order valence-corrected chi connectivity index (χ3v) is 4.48. The van der Waals surface area contributed by atoms with Crippen molar-refractivity contribution in [3.05, 3.63) is 29.8 Å². The standard InChI is InChI=1S/C20H30N2O3/c1-3-4-5-6-9-15(2)21-19(23)16-10-7-11-17(14-16)22-20(24)18-12-8-13-25-18/h7,10-11,14-15,18H,3-6,8-9,12-13H2,1-2H3,(H,21,23)(H,22,24). The highest BCUT2D eigenvalue weighted by atomic mass is 16.5. The van der Waals surface area contributed by atoms with E-state index in [1.807, 2.05) is 6.92 Å². The molecule has 2 atom stereocenters. The maximum Gasteiger partial charge on any atom is 0.253 e. The SMILES string of the molecule is CCCCCCC(C)NC(=O)c1cccc(NC(=O)C2CCCO2)c1. The van der Waals surface area contributed by atoms with Crippen LogP contribution in [0.15, 0.2) is 24.3 Å². The average Bonchev–Trinajstić information content (AvgIpc) is 3.14. The smallest absolute Gasteiger partial charge is 0.253 e. The van der Waals surface area contributed by atoms with Crippen LogP contribution in [0.25, 0.3) is 0 Å². The lowest BCUT2D eigenvalue weighted by atomic mass is 10.1. The molecule has 1 aliphatic rings. The van der Waals surface area contributed by atoms with Crippen LogP contribution in [0.5, 0.6) is 0 Å². The van der Waals surface area contributed by atoms with E-state index in [0.717, 1.165) is 25.7 Å². The van der Waals surface area contributed by atoms with Gasteiger partial charge in [-0.25, -0.2) is 0 Å². The van der Waals surface area contributed by atoms with Gasteiger partial charge in [-0.1, -0.05) is 38.7 Å². The molecule has 2 amide bonds. The molecule has 0 bridgehead atoms. The third kappa shape index (κ3) is 6.50. The maximum absolute atomic E-state index is 12.4. The van der Waals surface area contributed by atoms with E-state index in [1.54, 1.807) is 24.3 Å². The molecule has 1 heterocycles. The lowest BCUT2D eigenvalue weighted by molar-refractivity contribution is -0.124.